The number of hydrogen-bond donors (Lipinski definition) is 2. The molecule has 8 heteroatoms. The lowest BCUT2D eigenvalue weighted by molar-refractivity contribution is -0.148. The van der Waals surface area contributed by atoms with Gasteiger partial charge in [0.1, 0.15) is 5.54 Å². The number of anilines is 1. The molecular formula is C24H26N4O4. The number of para-hydroxylation sites is 1. The number of fused-ring (bicyclic) bond motifs is 4. The second-order valence-corrected chi connectivity index (χ2v) is 8.84. The van der Waals surface area contributed by atoms with Crippen LogP contribution in [0, 0.1) is 5.92 Å². The van der Waals surface area contributed by atoms with Crippen LogP contribution in [0.25, 0.3) is 0 Å². The molecule has 4 aliphatic rings. The second kappa shape index (κ2) is 8.02. The molecule has 2 amide bonds. The van der Waals surface area contributed by atoms with Gasteiger partial charge in [-0.05, 0) is 44.0 Å². The third-order valence-electron chi connectivity index (χ3n) is 7.37. The van der Waals surface area contributed by atoms with Crippen LogP contribution in [-0.2, 0) is 19.9 Å². The summed E-state index contributed by atoms with van der Waals surface area (Å²) >= 11 is 0. The van der Waals surface area contributed by atoms with Crippen molar-refractivity contribution in [2.45, 2.75) is 36.8 Å². The summed E-state index contributed by atoms with van der Waals surface area (Å²) in [5, 5.41) is 9.96. The first-order valence-electron chi connectivity index (χ1n) is 11.1. The molecule has 0 radical (unpaired) electrons. The molecule has 3 atom stereocenters. The molecule has 5 heterocycles. The van der Waals surface area contributed by atoms with E-state index in [1.54, 1.807) is 6.20 Å². The van der Waals surface area contributed by atoms with Gasteiger partial charge in [0.2, 0.25) is 11.8 Å². The fraction of sp³-hybridized carbons (Fsp3) is 0.417. The topological polar surface area (TPSA) is 103 Å². The van der Waals surface area contributed by atoms with Crippen molar-refractivity contribution in [1.82, 2.24) is 14.8 Å². The summed E-state index contributed by atoms with van der Waals surface area (Å²) < 4.78 is 0. The van der Waals surface area contributed by atoms with E-state index < -0.39 is 5.54 Å². The first kappa shape index (κ1) is 20.6. The lowest BCUT2D eigenvalue weighted by Gasteiger charge is -2.43. The highest BCUT2D eigenvalue weighted by atomic mass is 16.3. The van der Waals surface area contributed by atoms with Gasteiger partial charge in [-0.15, -0.1) is 0 Å². The minimum Gasteiger partial charge on any atom is -0.483 e. The van der Waals surface area contributed by atoms with E-state index in [9.17, 15) is 9.59 Å². The Kier molecular flexibility index (Phi) is 5.17. The molecule has 1 aromatic heterocycles. The van der Waals surface area contributed by atoms with Crippen molar-refractivity contribution in [3.63, 3.8) is 0 Å². The van der Waals surface area contributed by atoms with Crippen molar-refractivity contribution in [2.75, 3.05) is 25.0 Å². The van der Waals surface area contributed by atoms with E-state index in [4.69, 9.17) is 9.90 Å². The van der Waals surface area contributed by atoms with Crippen molar-refractivity contribution in [1.29, 1.82) is 0 Å². The molecule has 4 aliphatic heterocycles. The molecule has 8 nitrogen and oxygen atoms in total. The number of likely N-dealkylation sites (tertiary alicyclic amines) is 1. The zero-order valence-corrected chi connectivity index (χ0v) is 17.7. The molecule has 1 spiro atoms. The maximum atomic E-state index is 13.7. The smallest absolute Gasteiger partial charge is 0.290 e. The van der Waals surface area contributed by atoms with Crippen LogP contribution in [0.4, 0.5) is 5.69 Å². The molecule has 2 aromatic rings. The van der Waals surface area contributed by atoms with Gasteiger partial charge in [0.05, 0.1) is 5.92 Å². The number of aromatic nitrogens is 1. The minimum atomic E-state index is -0.842. The van der Waals surface area contributed by atoms with Crippen LogP contribution in [0.1, 0.15) is 36.4 Å². The molecule has 0 saturated carbocycles. The van der Waals surface area contributed by atoms with Gasteiger partial charge in [0, 0.05) is 48.2 Å². The SMILES string of the molecule is O=C([C@@H]1C[C@H]2CCCN2[C@]12C(=O)Nc1ccccc12)N1CC(c2ccccn2)C1.O=CO. The molecule has 32 heavy (non-hydrogen) atoms. The van der Waals surface area contributed by atoms with Crippen molar-refractivity contribution in [2.24, 2.45) is 5.92 Å². The zero-order chi connectivity index (χ0) is 22.3. The van der Waals surface area contributed by atoms with Crippen LogP contribution in [-0.4, -0.2) is 63.9 Å². The van der Waals surface area contributed by atoms with Crippen LogP contribution in [0.2, 0.25) is 0 Å². The predicted octanol–water partition coefficient (Wildman–Crippen LogP) is 2.04. The van der Waals surface area contributed by atoms with E-state index in [-0.39, 0.29) is 24.2 Å². The highest BCUT2D eigenvalue weighted by molar-refractivity contribution is 6.09. The average Bonchev–Trinajstić information content (AvgIpc) is 3.43. The van der Waals surface area contributed by atoms with Gasteiger partial charge in [0.25, 0.3) is 6.47 Å². The Bertz CT molecular complexity index is 1040. The van der Waals surface area contributed by atoms with Gasteiger partial charge >= 0.3 is 0 Å². The van der Waals surface area contributed by atoms with Gasteiger partial charge in [0.15, 0.2) is 0 Å². The molecule has 2 N–H and O–H groups in total. The van der Waals surface area contributed by atoms with E-state index in [1.165, 1.54) is 0 Å². The van der Waals surface area contributed by atoms with Crippen molar-refractivity contribution < 1.29 is 19.5 Å². The predicted molar refractivity (Wildman–Crippen MR) is 117 cm³/mol. The Balaban J connectivity index is 0.000000684. The summed E-state index contributed by atoms with van der Waals surface area (Å²) in [6, 6.07) is 14.2. The van der Waals surface area contributed by atoms with Crippen LogP contribution in [0.5, 0.6) is 0 Å². The van der Waals surface area contributed by atoms with E-state index in [0.29, 0.717) is 25.0 Å². The summed E-state index contributed by atoms with van der Waals surface area (Å²) in [6.07, 6.45) is 4.73. The van der Waals surface area contributed by atoms with Crippen LogP contribution in [0.15, 0.2) is 48.7 Å². The first-order valence-corrected chi connectivity index (χ1v) is 11.1. The summed E-state index contributed by atoms with van der Waals surface area (Å²) in [7, 11) is 0. The van der Waals surface area contributed by atoms with Crippen LogP contribution >= 0.6 is 0 Å². The molecular weight excluding hydrogens is 408 g/mol. The molecule has 0 bridgehead atoms. The highest BCUT2D eigenvalue weighted by Gasteiger charge is 2.66. The number of nitrogens with one attached hydrogen (secondary N) is 1. The Morgan fingerprint density at radius 3 is 2.69 bits per heavy atom. The lowest BCUT2D eigenvalue weighted by atomic mass is 9.77. The van der Waals surface area contributed by atoms with Gasteiger partial charge in [-0.3, -0.25) is 24.3 Å². The zero-order valence-electron chi connectivity index (χ0n) is 17.7. The van der Waals surface area contributed by atoms with E-state index in [2.05, 4.69) is 15.2 Å². The Labute approximate surface area is 186 Å². The maximum Gasteiger partial charge on any atom is 0.290 e. The van der Waals surface area contributed by atoms with Crippen molar-refractivity contribution >= 4 is 24.0 Å². The number of carboxylic acid groups (broad SMARTS) is 1. The third kappa shape index (κ3) is 2.93. The van der Waals surface area contributed by atoms with E-state index in [1.807, 2.05) is 47.4 Å². The molecule has 166 valence electrons. The summed E-state index contributed by atoms with van der Waals surface area (Å²) in [6.45, 7) is 2.01. The summed E-state index contributed by atoms with van der Waals surface area (Å²) in [5.41, 5.74) is 2.04. The summed E-state index contributed by atoms with van der Waals surface area (Å²) in [4.78, 5) is 44.1. The van der Waals surface area contributed by atoms with Crippen LogP contribution < -0.4 is 5.32 Å². The van der Waals surface area contributed by atoms with Crippen LogP contribution in [0.3, 0.4) is 0 Å². The monoisotopic (exact) mass is 434 g/mol. The number of carbonyl (C=O) groups excluding carboxylic acids is 2. The number of rotatable bonds is 2. The normalized spacial score (nSPS) is 28.4. The fourth-order valence-corrected chi connectivity index (χ4v) is 6.05. The Morgan fingerprint density at radius 2 is 1.94 bits per heavy atom. The standard InChI is InChI=1S/C23H24N4O2.CH2O2/c28-21(26-13-15(14-26)19-8-3-4-10-24-19)18-12-16-6-5-11-27(16)23(18)17-7-1-2-9-20(17)25-22(23)29;2-1-3/h1-4,7-10,15-16,18H,5-6,11-14H2,(H,25,29);1H,(H,2,3)/t16-,18+,23+;/m1./s1. The molecule has 0 unspecified atom stereocenters. The largest absolute Gasteiger partial charge is 0.483 e. The molecule has 1 aromatic carbocycles. The lowest BCUT2D eigenvalue weighted by Crippen LogP contribution is -2.58. The van der Waals surface area contributed by atoms with Crippen molar-refractivity contribution in [3.05, 3.63) is 59.9 Å². The van der Waals surface area contributed by atoms with Gasteiger partial charge < -0.3 is 15.3 Å². The minimum absolute atomic E-state index is 0.0248. The number of carbonyl (C=O) groups is 3. The second-order valence-electron chi connectivity index (χ2n) is 8.84. The molecule has 3 saturated heterocycles. The number of pyridine rings is 1. The maximum absolute atomic E-state index is 13.7. The average molecular weight is 434 g/mol. The van der Waals surface area contributed by atoms with Gasteiger partial charge in [-0.1, -0.05) is 24.3 Å². The first-order chi connectivity index (χ1) is 15.6. The third-order valence-corrected chi connectivity index (χ3v) is 7.37. The van der Waals surface area contributed by atoms with Crippen molar-refractivity contribution in [3.8, 4) is 0 Å². The Hall–Kier alpha value is -3.26. The molecule has 3 fully saturated rings. The number of hydrogen-bond acceptors (Lipinski definition) is 5. The highest BCUT2D eigenvalue weighted by Crippen LogP contribution is 2.56. The number of benzene rings is 1. The van der Waals surface area contributed by atoms with Gasteiger partial charge in [-0.2, -0.15) is 0 Å². The molecule has 6 rings (SSSR count). The quantitative estimate of drug-likeness (QED) is 0.702. The van der Waals surface area contributed by atoms with Gasteiger partial charge in [-0.25, -0.2) is 0 Å². The fourth-order valence-electron chi connectivity index (χ4n) is 6.05. The summed E-state index contributed by atoms with van der Waals surface area (Å²) in [5.74, 6) is 0.0739. The Morgan fingerprint density at radius 1 is 1.19 bits per heavy atom. The van der Waals surface area contributed by atoms with E-state index >= 15 is 0 Å². The molecule has 0 aliphatic carbocycles. The number of amides is 2. The number of nitrogens with zero attached hydrogens (tertiary/aromatic N) is 3. The van der Waals surface area contributed by atoms with E-state index in [0.717, 1.165) is 42.8 Å².